The normalized spacial score (nSPS) is 8.25. The summed E-state index contributed by atoms with van der Waals surface area (Å²) in [7, 11) is 2.50. The van der Waals surface area contributed by atoms with Gasteiger partial charge in [-0.3, -0.25) is 0 Å². The lowest BCUT2D eigenvalue weighted by atomic mass is 10.3. The first-order valence-corrected chi connectivity index (χ1v) is 3.43. The Morgan fingerprint density at radius 2 is 2.00 bits per heavy atom. The second-order valence-electron chi connectivity index (χ2n) is 1.66. The fourth-order valence-electron chi connectivity index (χ4n) is 0.477. The van der Waals surface area contributed by atoms with Crippen LogP contribution < -0.4 is 5.09 Å². The van der Waals surface area contributed by atoms with Gasteiger partial charge in [0.1, 0.15) is 0 Å². The van der Waals surface area contributed by atoms with Gasteiger partial charge in [0.05, 0.1) is 0 Å². The number of halogens is 1. The Kier molecular flexibility index (Phi) is 15.2. The summed E-state index contributed by atoms with van der Waals surface area (Å²) in [4.78, 5) is 0. The lowest BCUT2D eigenvalue weighted by Crippen LogP contribution is -1.98. The first kappa shape index (κ1) is 11.5. The Hall–Kier alpha value is 0.680. The Labute approximate surface area is 60.3 Å². The molecule has 1 N–H and O–H groups in total. The second-order valence-corrected chi connectivity index (χ2v) is 2.07. The molecule has 8 heavy (non-hydrogen) atoms. The molecule has 0 spiro atoms. The first-order chi connectivity index (χ1) is 3.41. The van der Waals surface area contributed by atoms with E-state index in [1.54, 1.807) is 0 Å². The molecule has 0 heterocycles. The Morgan fingerprint density at radius 3 is 2.38 bits per heavy atom. The molecule has 0 aromatic rings. The number of nitrogens with one attached hydrogen (secondary N) is 1. The van der Waals surface area contributed by atoms with Crippen molar-refractivity contribution in [3.63, 3.8) is 0 Å². The van der Waals surface area contributed by atoms with Crippen LogP contribution in [-0.2, 0) is 0 Å². The molecule has 0 aliphatic carbocycles. The van der Waals surface area contributed by atoms with Crippen molar-refractivity contribution >= 4 is 21.8 Å². The van der Waals surface area contributed by atoms with E-state index < -0.39 is 0 Å². The van der Waals surface area contributed by atoms with Crippen molar-refractivity contribution < 1.29 is 0 Å². The molecule has 0 fully saturated rings. The molecule has 3 heteroatoms. The molecule has 0 rings (SSSR count). The molecule has 0 amide bonds. The highest BCUT2D eigenvalue weighted by Crippen LogP contribution is 1.91. The topological polar surface area (TPSA) is 12.0 Å². The van der Waals surface area contributed by atoms with Crippen LogP contribution in [0.2, 0.25) is 0 Å². The summed E-state index contributed by atoms with van der Waals surface area (Å²) in [6, 6.07) is 0. The number of unbranched alkanes of at least 4 members (excludes halogenated alkanes) is 2. The third-order valence-corrected chi connectivity index (χ3v) is 1.21. The van der Waals surface area contributed by atoms with Gasteiger partial charge in [-0.15, -0.1) is 12.4 Å². The number of rotatable bonds is 4. The van der Waals surface area contributed by atoms with E-state index in [1.165, 1.54) is 19.3 Å². The summed E-state index contributed by atoms with van der Waals surface area (Å²) in [6.07, 6.45) is 3.97. The van der Waals surface area contributed by atoms with E-state index in [2.05, 4.69) is 21.4 Å². The molecular weight excluding hydrogens is 140 g/mol. The Bertz CT molecular complexity index is 31.6. The predicted molar refractivity (Wildman–Crippen MR) is 44.5 cm³/mol. The van der Waals surface area contributed by atoms with Crippen molar-refractivity contribution in [3.8, 4) is 0 Å². The van der Waals surface area contributed by atoms with E-state index in [4.69, 9.17) is 0 Å². The van der Waals surface area contributed by atoms with E-state index in [0.29, 0.717) is 0 Å². The van der Waals surface area contributed by atoms with Crippen molar-refractivity contribution in [1.29, 1.82) is 0 Å². The highest BCUT2D eigenvalue weighted by Gasteiger charge is 1.79. The van der Waals surface area contributed by atoms with Gasteiger partial charge in [-0.2, -0.15) is 0 Å². The fourth-order valence-corrected chi connectivity index (χ4v) is 0.681. The van der Waals surface area contributed by atoms with Crippen LogP contribution in [0.25, 0.3) is 0 Å². The third kappa shape index (κ3) is 9.84. The minimum absolute atomic E-state index is 0. The van der Waals surface area contributed by atoms with Crippen LogP contribution in [0.3, 0.4) is 0 Å². The second kappa shape index (κ2) is 10.6. The van der Waals surface area contributed by atoms with Crippen LogP contribution in [0.4, 0.5) is 0 Å². The molecule has 1 unspecified atom stereocenters. The zero-order valence-corrected chi connectivity index (χ0v) is 7.29. The summed E-state index contributed by atoms with van der Waals surface area (Å²) in [5.74, 6) is 0. The van der Waals surface area contributed by atoms with E-state index in [0.717, 1.165) is 6.54 Å². The van der Waals surface area contributed by atoms with Crippen LogP contribution in [0.1, 0.15) is 26.2 Å². The predicted octanol–water partition coefficient (Wildman–Crippen LogP) is 1.98. The maximum Gasteiger partial charge on any atom is -0.00144 e. The first-order valence-electron chi connectivity index (χ1n) is 2.85. The van der Waals surface area contributed by atoms with Gasteiger partial charge >= 0.3 is 0 Å². The Balaban J connectivity index is 0. The maximum atomic E-state index is 3.02. The van der Waals surface area contributed by atoms with Gasteiger partial charge in [0, 0.05) is 0 Å². The minimum atomic E-state index is 0. The van der Waals surface area contributed by atoms with Gasteiger partial charge < -0.3 is 5.09 Å². The molecule has 0 radical (unpaired) electrons. The fraction of sp³-hybridized carbons (Fsp3) is 1.00. The highest BCUT2D eigenvalue weighted by molar-refractivity contribution is 7.13. The molecule has 0 aromatic heterocycles. The minimum Gasteiger partial charge on any atom is -0.301 e. The molecule has 52 valence electrons. The summed E-state index contributed by atoms with van der Waals surface area (Å²) in [5.41, 5.74) is 0. The van der Waals surface area contributed by atoms with Crippen molar-refractivity contribution in [1.82, 2.24) is 5.09 Å². The van der Waals surface area contributed by atoms with Gasteiger partial charge in [-0.1, -0.05) is 29.2 Å². The standard InChI is InChI=1S/C5H14NP.ClH/c1-2-3-4-5-6-7;/h6H,2-5,7H2,1H3;1H. The zero-order valence-electron chi connectivity index (χ0n) is 5.31. The average molecular weight is 156 g/mol. The van der Waals surface area contributed by atoms with Crippen molar-refractivity contribution in [2.45, 2.75) is 26.2 Å². The summed E-state index contributed by atoms with van der Waals surface area (Å²) >= 11 is 0. The summed E-state index contributed by atoms with van der Waals surface area (Å²) < 4.78 is 0. The zero-order chi connectivity index (χ0) is 5.54. The highest BCUT2D eigenvalue weighted by atomic mass is 35.5. The largest absolute Gasteiger partial charge is 0.301 e. The molecule has 1 nitrogen and oxygen atoms in total. The summed E-state index contributed by atoms with van der Waals surface area (Å²) in [5, 5.41) is 3.02. The van der Waals surface area contributed by atoms with E-state index in [9.17, 15) is 0 Å². The van der Waals surface area contributed by atoms with Gasteiger partial charge in [-0.25, -0.2) is 0 Å². The quantitative estimate of drug-likeness (QED) is 0.484. The van der Waals surface area contributed by atoms with Gasteiger partial charge in [0.2, 0.25) is 0 Å². The number of hydrogen-bond donors (Lipinski definition) is 1. The molecule has 0 aliphatic heterocycles. The Morgan fingerprint density at radius 1 is 1.38 bits per heavy atom. The summed E-state index contributed by atoms with van der Waals surface area (Å²) in [6.45, 7) is 3.35. The van der Waals surface area contributed by atoms with Gasteiger partial charge in [0.15, 0.2) is 0 Å². The van der Waals surface area contributed by atoms with Gasteiger partial charge in [-0.05, 0) is 13.0 Å². The van der Waals surface area contributed by atoms with Crippen LogP contribution in [-0.4, -0.2) is 6.54 Å². The van der Waals surface area contributed by atoms with E-state index in [1.807, 2.05) is 0 Å². The third-order valence-electron chi connectivity index (χ3n) is 0.925. The van der Waals surface area contributed by atoms with Crippen molar-refractivity contribution in [2.75, 3.05) is 6.54 Å². The molecule has 0 saturated carbocycles. The van der Waals surface area contributed by atoms with Crippen LogP contribution in [0, 0.1) is 0 Å². The number of hydrogen-bond acceptors (Lipinski definition) is 1. The molecule has 1 atom stereocenters. The lowest BCUT2D eigenvalue weighted by Gasteiger charge is -1.93. The average Bonchev–Trinajstić information content (AvgIpc) is 1.69. The van der Waals surface area contributed by atoms with E-state index in [-0.39, 0.29) is 12.4 Å². The molecule has 0 aliphatic rings. The van der Waals surface area contributed by atoms with Crippen molar-refractivity contribution in [3.05, 3.63) is 0 Å². The smallest absolute Gasteiger partial charge is 0.00144 e. The SMILES string of the molecule is CCCCCNP.Cl. The van der Waals surface area contributed by atoms with Crippen LogP contribution in [0.15, 0.2) is 0 Å². The van der Waals surface area contributed by atoms with E-state index >= 15 is 0 Å². The van der Waals surface area contributed by atoms with Crippen molar-refractivity contribution in [2.24, 2.45) is 0 Å². The van der Waals surface area contributed by atoms with Gasteiger partial charge in [0.25, 0.3) is 0 Å². The van der Waals surface area contributed by atoms with Crippen LogP contribution in [0.5, 0.6) is 0 Å². The molecular formula is C5H15ClNP. The molecule has 0 aromatic carbocycles. The van der Waals surface area contributed by atoms with Crippen LogP contribution >= 0.6 is 21.8 Å². The molecule has 0 bridgehead atoms. The maximum absolute atomic E-state index is 3.02. The monoisotopic (exact) mass is 155 g/mol. The molecule has 0 saturated heterocycles. The lowest BCUT2D eigenvalue weighted by molar-refractivity contribution is 0.709.